The molecule has 1 saturated heterocycles. The summed E-state index contributed by atoms with van der Waals surface area (Å²) < 4.78 is 31.3. The summed E-state index contributed by atoms with van der Waals surface area (Å²) in [5.74, 6) is -0.228. The summed E-state index contributed by atoms with van der Waals surface area (Å²) in [5.41, 5.74) is 1.92. The molecule has 8 heteroatoms. The van der Waals surface area contributed by atoms with Crippen molar-refractivity contribution in [3.63, 3.8) is 0 Å². The van der Waals surface area contributed by atoms with Crippen molar-refractivity contribution in [2.24, 2.45) is 5.92 Å². The highest BCUT2D eigenvalue weighted by atomic mass is 32.2. The normalized spacial score (nSPS) is 14.8. The number of sulfone groups is 1. The Morgan fingerprint density at radius 3 is 2.62 bits per heavy atom. The summed E-state index contributed by atoms with van der Waals surface area (Å²) in [6.45, 7) is 3.60. The van der Waals surface area contributed by atoms with Gasteiger partial charge in [-0.25, -0.2) is 8.42 Å². The van der Waals surface area contributed by atoms with Gasteiger partial charge in [0, 0.05) is 24.7 Å². The van der Waals surface area contributed by atoms with E-state index in [9.17, 15) is 13.2 Å². The Morgan fingerprint density at radius 1 is 1.16 bits per heavy atom. The number of benzene rings is 2. The lowest BCUT2D eigenvalue weighted by Crippen LogP contribution is -2.37. The van der Waals surface area contributed by atoms with Crippen LogP contribution in [-0.4, -0.2) is 39.1 Å². The number of pyridine rings is 1. The minimum absolute atomic E-state index is 0.0647. The van der Waals surface area contributed by atoms with Gasteiger partial charge in [0.05, 0.1) is 45.2 Å². The maximum absolute atomic E-state index is 13.1. The molecule has 4 rings (SSSR count). The molecule has 0 aliphatic carbocycles. The number of piperidine rings is 1. The molecule has 7 nitrogen and oxygen atoms in total. The molecule has 164 valence electrons. The van der Waals surface area contributed by atoms with Gasteiger partial charge in [0.25, 0.3) is 0 Å². The van der Waals surface area contributed by atoms with Crippen LogP contribution >= 0.6 is 0 Å². The predicted molar refractivity (Wildman–Crippen MR) is 120 cm³/mol. The largest absolute Gasteiger partial charge is 0.466 e. The van der Waals surface area contributed by atoms with Gasteiger partial charge in [-0.3, -0.25) is 9.78 Å². The van der Waals surface area contributed by atoms with Crippen molar-refractivity contribution < 1.29 is 17.9 Å². The average molecular weight is 450 g/mol. The molecule has 0 bridgehead atoms. The van der Waals surface area contributed by atoms with Crippen LogP contribution in [0.25, 0.3) is 10.9 Å². The third-order valence-electron chi connectivity index (χ3n) is 5.70. The van der Waals surface area contributed by atoms with Crippen LogP contribution in [0.4, 0.5) is 5.69 Å². The highest BCUT2D eigenvalue weighted by molar-refractivity contribution is 7.91. The number of nitriles is 1. The van der Waals surface area contributed by atoms with Gasteiger partial charge in [-0.2, -0.15) is 5.26 Å². The number of aromatic nitrogens is 1. The van der Waals surface area contributed by atoms with Gasteiger partial charge < -0.3 is 9.64 Å². The predicted octanol–water partition coefficient (Wildman–Crippen LogP) is 3.72. The molecular formula is C24H23N3O4S. The average Bonchev–Trinajstić information content (AvgIpc) is 2.83. The first kappa shape index (κ1) is 21.8. The van der Waals surface area contributed by atoms with E-state index in [1.165, 1.54) is 18.3 Å². The Balaban J connectivity index is 1.62. The first-order valence-corrected chi connectivity index (χ1v) is 12.0. The van der Waals surface area contributed by atoms with Crippen molar-refractivity contribution in [1.82, 2.24) is 4.98 Å². The lowest BCUT2D eigenvalue weighted by Gasteiger charge is -2.33. The first-order valence-electron chi connectivity index (χ1n) is 10.5. The molecule has 0 amide bonds. The summed E-state index contributed by atoms with van der Waals surface area (Å²) in [6.07, 6.45) is 2.78. The standard InChI is InChI=1S/C24H23N3O4S/c1-2-31-24(28)18-9-11-27(12-10-18)22-8-4-6-19-14-21(16-26-23(19)22)32(29,30)20-7-3-5-17(13-20)15-25/h3-8,13-14,16,18H,2,9-12H2,1H3. The van der Waals surface area contributed by atoms with E-state index in [0.29, 0.717) is 43.4 Å². The van der Waals surface area contributed by atoms with Gasteiger partial charge in [0.2, 0.25) is 9.84 Å². The first-order chi connectivity index (χ1) is 15.4. The number of carbonyl (C=O) groups excluding carboxylic acids is 1. The van der Waals surface area contributed by atoms with Crippen molar-refractivity contribution in [2.45, 2.75) is 29.6 Å². The smallest absolute Gasteiger partial charge is 0.309 e. The highest BCUT2D eigenvalue weighted by Gasteiger charge is 2.27. The molecule has 0 spiro atoms. The lowest BCUT2D eigenvalue weighted by atomic mass is 9.96. The number of rotatable bonds is 5. The zero-order valence-corrected chi connectivity index (χ0v) is 18.5. The minimum Gasteiger partial charge on any atom is -0.466 e. The maximum Gasteiger partial charge on any atom is 0.309 e. The fourth-order valence-corrected chi connectivity index (χ4v) is 5.30. The maximum atomic E-state index is 13.1. The van der Waals surface area contributed by atoms with E-state index in [1.54, 1.807) is 18.2 Å². The number of anilines is 1. The second-order valence-electron chi connectivity index (χ2n) is 7.68. The molecule has 1 fully saturated rings. The Labute approximate surface area is 187 Å². The number of hydrogen-bond donors (Lipinski definition) is 0. The van der Waals surface area contributed by atoms with Crippen molar-refractivity contribution in [3.8, 4) is 6.07 Å². The van der Waals surface area contributed by atoms with Crippen LogP contribution in [0.15, 0.2) is 64.5 Å². The van der Waals surface area contributed by atoms with Crippen molar-refractivity contribution in [2.75, 3.05) is 24.6 Å². The number of fused-ring (bicyclic) bond motifs is 1. The zero-order chi connectivity index (χ0) is 22.7. The highest BCUT2D eigenvalue weighted by Crippen LogP contribution is 2.31. The van der Waals surface area contributed by atoms with Gasteiger partial charge in [0.15, 0.2) is 0 Å². The lowest BCUT2D eigenvalue weighted by molar-refractivity contribution is -0.148. The molecule has 1 aromatic heterocycles. The Kier molecular flexibility index (Phi) is 6.10. The Hall–Kier alpha value is -3.44. The quantitative estimate of drug-likeness (QED) is 0.547. The van der Waals surface area contributed by atoms with E-state index in [-0.39, 0.29) is 27.2 Å². The van der Waals surface area contributed by atoms with Crippen LogP contribution < -0.4 is 4.90 Å². The Morgan fingerprint density at radius 2 is 1.91 bits per heavy atom. The molecule has 0 atom stereocenters. The number of esters is 1. The molecule has 1 aliphatic rings. The van der Waals surface area contributed by atoms with E-state index >= 15 is 0 Å². The van der Waals surface area contributed by atoms with Gasteiger partial charge in [0.1, 0.15) is 0 Å². The summed E-state index contributed by atoms with van der Waals surface area (Å²) in [7, 11) is -3.80. The van der Waals surface area contributed by atoms with Gasteiger partial charge in [-0.05, 0) is 50.1 Å². The van der Waals surface area contributed by atoms with Crippen LogP contribution in [0, 0.1) is 17.2 Å². The second kappa shape index (κ2) is 8.97. The van der Waals surface area contributed by atoms with E-state index in [2.05, 4.69) is 9.88 Å². The van der Waals surface area contributed by atoms with Crippen LogP contribution in [-0.2, 0) is 19.4 Å². The Bertz CT molecular complexity index is 1310. The third-order valence-corrected chi connectivity index (χ3v) is 7.42. The molecular weight excluding hydrogens is 426 g/mol. The monoisotopic (exact) mass is 449 g/mol. The molecule has 0 N–H and O–H groups in total. The van der Waals surface area contributed by atoms with Gasteiger partial charge in [-0.1, -0.05) is 18.2 Å². The van der Waals surface area contributed by atoms with E-state index in [1.807, 2.05) is 31.2 Å². The third kappa shape index (κ3) is 4.16. The van der Waals surface area contributed by atoms with Gasteiger partial charge in [-0.15, -0.1) is 0 Å². The van der Waals surface area contributed by atoms with E-state index in [4.69, 9.17) is 10.00 Å². The minimum atomic E-state index is -3.80. The molecule has 0 radical (unpaired) electrons. The number of carbonyl (C=O) groups is 1. The van der Waals surface area contributed by atoms with Crippen molar-refractivity contribution in [3.05, 3.63) is 60.3 Å². The van der Waals surface area contributed by atoms with Gasteiger partial charge >= 0.3 is 5.97 Å². The molecule has 0 unspecified atom stereocenters. The molecule has 32 heavy (non-hydrogen) atoms. The van der Waals surface area contributed by atoms with Crippen LogP contribution in [0.3, 0.4) is 0 Å². The second-order valence-corrected chi connectivity index (χ2v) is 9.63. The number of hydrogen-bond acceptors (Lipinski definition) is 7. The number of ether oxygens (including phenoxy) is 1. The van der Waals surface area contributed by atoms with Crippen molar-refractivity contribution in [1.29, 1.82) is 5.26 Å². The molecule has 1 aliphatic heterocycles. The summed E-state index contributed by atoms with van der Waals surface area (Å²) in [6, 6.07) is 15.2. The summed E-state index contributed by atoms with van der Waals surface area (Å²) >= 11 is 0. The zero-order valence-electron chi connectivity index (χ0n) is 17.7. The van der Waals surface area contributed by atoms with E-state index in [0.717, 1.165) is 5.69 Å². The van der Waals surface area contributed by atoms with E-state index < -0.39 is 9.84 Å². The fourth-order valence-electron chi connectivity index (χ4n) is 4.01. The summed E-state index contributed by atoms with van der Waals surface area (Å²) in [4.78, 5) is 18.8. The summed E-state index contributed by atoms with van der Waals surface area (Å²) in [5, 5.41) is 9.80. The number of nitrogens with zero attached hydrogens (tertiary/aromatic N) is 3. The molecule has 3 aromatic rings. The van der Waals surface area contributed by atoms with Crippen LogP contribution in [0.1, 0.15) is 25.3 Å². The molecule has 2 aromatic carbocycles. The fraction of sp³-hybridized carbons (Fsp3) is 0.292. The molecule has 2 heterocycles. The van der Waals surface area contributed by atoms with Crippen LogP contribution in [0.5, 0.6) is 0 Å². The molecule has 0 saturated carbocycles. The SMILES string of the molecule is CCOC(=O)C1CCN(c2cccc3cc(S(=O)(=O)c4cccc(C#N)c4)cnc23)CC1. The number of para-hydroxylation sites is 1. The van der Waals surface area contributed by atoms with Crippen molar-refractivity contribution >= 4 is 32.4 Å². The topological polar surface area (TPSA) is 100 Å². The van der Waals surface area contributed by atoms with Crippen LogP contribution in [0.2, 0.25) is 0 Å².